The minimum atomic E-state index is 0.101. The molecule has 86 valence electrons. The highest BCUT2D eigenvalue weighted by molar-refractivity contribution is 6.48. The third-order valence-corrected chi connectivity index (χ3v) is 3.83. The van der Waals surface area contributed by atoms with Gasteiger partial charge in [0.15, 0.2) is 0 Å². The van der Waals surface area contributed by atoms with E-state index in [0.29, 0.717) is 26.5 Å². The molecule has 0 saturated heterocycles. The Balaban J connectivity index is 3.24. The van der Waals surface area contributed by atoms with E-state index in [2.05, 4.69) is 11.8 Å². The van der Waals surface area contributed by atoms with Crippen molar-refractivity contribution in [3.8, 4) is 11.8 Å². The Morgan fingerprint density at radius 1 is 1.12 bits per heavy atom. The van der Waals surface area contributed by atoms with Gasteiger partial charge in [-0.3, -0.25) is 0 Å². The van der Waals surface area contributed by atoms with Crippen molar-refractivity contribution in [2.75, 3.05) is 0 Å². The summed E-state index contributed by atoms with van der Waals surface area (Å²) in [7, 11) is 0. The van der Waals surface area contributed by atoms with Gasteiger partial charge in [0, 0.05) is 6.42 Å². The number of halogens is 4. The van der Waals surface area contributed by atoms with Crippen molar-refractivity contribution < 1.29 is 0 Å². The van der Waals surface area contributed by atoms with Crippen LogP contribution >= 0.6 is 46.4 Å². The summed E-state index contributed by atoms with van der Waals surface area (Å²) in [5.74, 6) is 5.92. The highest BCUT2D eigenvalue weighted by Crippen LogP contribution is 2.41. The maximum Gasteiger partial charge on any atom is 0.0643 e. The molecule has 1 atom stereocenters. The van der Waals surface area contributed by atoms with Gasteiger partial charge < -0.3 is 0 Å². The molecule has 0 N–H and O–H groups in total. The molecule has 1 rings (SSSR count). The number of hydrogen-bond acceptors (Lipinski definition) is 0. The van der Waals surface area contributed by atoms with E-state index in [1.54, 1.807) is 13.0 Å². The highest BCUT2D eigenvalue weighted by Gasteiger charge is 2.18. The Morgan fingerprint density at radius 2 is 1.62 bits per heavy atom. The average molecular weight is 296 g/mol. The molecule has 0 aliphatic rings. The van der Waals surface area contributed by atoms with Crippen LogP contribution in [0.25, 0.3) is 0 Å². The molecule has 0 heterocycles. The predicted molar refractivity (Wildman–Crippen MR) is 73.0 cm³/mol. The van der Waals surface area contributed by atoms with Crippen LogP contribution in [0.5, 0.6) is 0 Å². The van der Waals surface area contributed by atoms with Crippen LogP contribution in [-0.2, 0) is 0 Å². The van der Waals surface area contributed by atoms with Crippen LogP contribution in [0.3, 0.4) is 0 Å². The van der Waals surface area contributed by atoms with E-state index < -0.39 is 0 Å². The van der Waals surface area contributed by atoms with Gasteiger partial charge in [0.1, 0.15) is 0 Å². The van der Waals surface area contributed by atoms with Crippen molar-refractivity contribution in [2.45, 2.75) is 26.2 Å². The molecular formula is C12H10Cl4. The lowest BCUT2D eigenvalue weighted by atomic mass is 9.98. The summed E-state index contributed by atoms with van der Waals surface area (Å²) in [5, 5.41) is 1.76. The Bertz CT molecular complexity index is 428. The molecule has 0 aliphatic heterocycles. The first-order chi connectivity index (χ1) is 7.49. The Hall–Kier alpha value is -0.0600. The molecule has 0 radical (unpaired) electrons. The number of benzene rings is 1. The minimum absolute atomic E-state index is 0.101. The molecule has 1 aromatic rings. The van der Waals surface area contributed by atoms with E-state index in [-0.39, 0.29) is 5.92 Å². The second-order valence-corrected chi connectivity index (χ2v) is 4.98. The second kappa shape index (κ2) is 6.03. The first kappa shape index (κ1) is 14.0. The van der Waals surface area contributed by atoms with Gasteiger partial charge in [-0.2, -0.15) is 0 Å². The van der Waals surface area contributed by atoms with Gasteiger partial charge >= 0.3 is 0 Å². The summed E-state index contributed by atoms with van der Waals surface area (Å²) in [4.78, 5) is 0. The molecule has 16 heavy (non-hydrogen) atoms. The first-order valence-electron chi connectivity index (χ1n) is 4.71. The van der Waals surface area contributed by atoms with Crippen molar-refractivity contribution >= 4 is 46.4 Å². The van der Waals surface area contributed by atoms with Crippen molar-refractivity contribution in [1.82, 2.24) is 0 Å². The van der Waals surface area contributed by atoms with E-state index in [9.17, 15) is 0 Å². The molecule has 0 aromatic heterocycles. The van der Waals surface area contributed by atoms with E-state index in [1.807, 2.05) is 6.92 Å². The quantitative estimate of drug-likeness (QED) is 0.476. The average Bonchev–Trinajstić information content (AvgIpc) is 2.24. The summed E-state index contributed by atoms with van der Waals surface area (Å²) in [6, 6.07) is 1.55. The standard InChI is InChI=1S/C12H10Cl4/c1-3-4-5-7(2)10-11(15)8(13)6-9(14)12(10)16/h6-7H,5H2,1-2H3. The Labute approximate surface area is 116 Å². The van der Waals surface area contributed by atoms with Crippen LogP contribution in [0.2, 0.25) is 20.1 Å². The third-order valence-electron chi connectivity index (χ3n) is 2.22. The summed E-state index contributed by atoms with van der Waals surface area (Å²) < 4.78 is 0. The topological polar surface area (TPSA) is 0 Å². The lowest BCUT2D eigenvalue weighted by Gasteiger charge is -2.15. The van der Waals surface area contributed by atoms with Crippen LogP contribution in [0.1, 0.15) is 31.7 Å². The molecule has 0 nitrogen and oxygen atoms in total. The molecule has 1 aromatic carbocycles. The highest BCUT2D eigenvalue weighted by atomic mass is 35.5. The van der Waals surface area contributed by atoms with Crippen LogP contribution in [0, 0.1) is 11.8 Å². The van der Waals surface area contributed by atoms with Gasteiger partial charge in [0.25, 0.3) is 0 Å². The van der Waals surface area contributed by atoms with Crippen molar-refractivity contribution in [2.24, 2.45) is 0 Å². The van der Waals surface area contributed by atoms with Crippen molar-refractivity contribution in [3.63, 3.8) is 0 Å². The maximum atomic E-state index is 6.12. The van der Waals surface area contributed by atoms with Crippen molar-refractivity contribution in [1.29, 1.82) is 0 Å². The Morgan fingerprint density at radius 3 is 2.06 bits per heavy atom. The molecule has 0 aliphatic carbocycles. The molecule has 0 bridgehead atoms. The van der Waals surface area contributed by atoms with Gasteiger partial charge in [-0.05, 0) is 24.5 Å². The molecule has 0 spiro atoms. The summed E-state index contributed by atoms with van der Waals surface area (Å²) in [6.45, 7) is 3.78. The third kappa shape index (κ3) is 2.99. The van der Waals surface area contributed by atoms with E-state index >= 15 is 0 Å². The van der Waals surface area contributed by atoms with Gasteiger partial charge in [-0.25, -0.2) is 0 Å². The van der Waals surface area contributed by atoms with E-state index in [1.165, 1.54) is 0 Å². The minimum Gasteiger partial charge on any atom is -0.107 e. The van der Waals surface area contributed by atoms with Crippen LogP contribution in [0.15, 0.2) is 6.07 Å². The molecule has 0 fully saturated rings. The first-order valence-corrected chi connectivity index (χ1v) is 6.22. The molecular weight excluding hydrogens is 286 g/mol. The van der Waals surface area contributed by atoms with E-state index in [4.69, 9.17) is 46.4 Å². The maximum absolute atomic E-state index is 6.12. The van der Waals surface area contributed by atoms with Gasteiger partial charge in [0.2, 0.25) is 0 Å². The predicted octanol–water partition coefficient (Wildman–Crippen LogP) is 5.82. The van der Waals surface area contributed by atoms with Crippen LogP contribution in [0.4, 0.5) is 0 Å². The lowest BCUT2D eigenvalue weighted by molar-refractivity contribution is 0.796. The van der Waals surface area contributed by atoms with Crippen LogP contribution < -0.4 is 0 Å². The smallest absolute Gasteiger partial charge is 0.0643 e. The van der Waals surface area contributed by atoms with Crippen LogP contribution in [-0.4, -0.2) is 0 Å². The summed E-state index contributed by atoms with van der Waals surface area (Å²) >= 11 is 24.2. The molecule has 0 amide bonds. The van der Waals surface area contributed by atoms with E-state index in [0.717, 1.165) is 5.56 Å². The SMILES string of the molecule is CC#CCC(C)c1c(Cl)c(Cl)cc(Cl)c1Cl. The van der Waals surface area contributed by atoms with Gasteiger partial charge in [0.05, 0.1) is 20.1 Å². The fourth-order valence-corrected chi connectivity index (χ4v) is 2.58. The summed E-state index contributed by atoms with van der Waals surface area (Å²) in [6.07, 6.45) is 0.673. The zero-order valence-electron chi connectivity index (χ0n) is 8.87. The second-order valence-electron chi connectivity index (χ2n) is 3.41. The van der Waals surface area contributed by atoms with Crippen molar-refractivity contribution in [3.05, 3.63) is 31.7 Å². The zero-order chi connectivity index (χ0) is 12.3. The number of rotatable bonds is 2. The molecule has 4 heteroatoms. The number of hydrogen-bond donors (Lipinski definition) is 0. The molecule has 1 unspecified atom stereocenters. The Kier molecular flexibility index (Phi) is 5.28. The van der Waals surface area contributed by atoms with Gasteiger partial charge in [-0.15, -0.1) is 11.8 Å². The lowest BCUT2D eigenvalue weighted by Crippen LogP contribution is -1.96. The fraction of sp³-hybridized carbons (Fsp3) is 0.333. The monoisotopic (exact) mass is 294 g/mol. The fourth-order valence-electron chi connectivity index (χ4n) is 1.38. The normalized spacial score (nSPS) is 11.9. The zero-order valence-corrected chi connectivity index (χ0v) is 11.9. The summed E-state index contributed by atoms with van der Waals surface area (Å²) in [5.41, 5.74) is 0.767. The van der Waals surface area contributed by atoms with Gasteiger partial charge in [-0.1, -0.05) is 53.3 Å². The largest absolute Gasteiger partial charge is 0.107 e. The molecule has 0 saturated carbocycles.